The maximum absolute atomic E-state index is 12.3. The van der Waals surface area contributed by atoms with Crippen molar-refractivity contribution in [2.24, 2.45) is 0 Å². The topological polar surface area (TPSA) is 108 Å². The van der Waals surface area contributed by atoms with Gasteiger partial charge in [-0.3, -0.25) is 4.79 Å². The van der Waals surface area contributed by atoms with Gasteiger partial charge in [0.25, 0.3) is 5.89 Å². The molecule has 0 spiro atoms. The molecule has 0 fully saturated rings. The minimum Gasteiger partial charge on any atom is -0.406 e. The molecule has 0 aliphatic carbocycles. The fourth-order valence-corrected chi connectivity index (χ4v) is 2.76. The quantitative estimate of drug-likeness (QED) is 0.489. The third kappa shape index (κ3) is 4.91. The van der Waals surface area contributed by atoms with E-state index >= 15 is 0 Å². The van der Waals surface area contributed by atoms with E-state index in [2.05, 4.69) is 25.4 Å². The smallest absolute Gasteiger partial charge is 0.406 e. The van der Waals surface area contributed by atoms with Gasteiger partial charge in [-0.1, -0.05) is 10.3 Å². The molecule has 0 radical (unpaired) electrons. The number of aryl methyl sites for hydroxylation is 1. The molecule has 4 rings (SSSR count). The van der Waals surface area contributed by atoms with Gasteiger partial charge in [-0.05, 0) is 43.3 Å². The highest BCUT2D eigenvalue weighted by Crippen LogP contribution is 2.27. The van der Waals surface area contributed by atoms with Gasteiger partial charge in [-0.2, -0.15) is 4.98 Å². The summed E-state index contributed by atoms with van der Waals surface area (Å²) >= 11 is 0. The Morgan fingerprint density at radius 3 is 2.61 bits per heavy atom. The first-order chi connectivity index (χ1) is 14.8. The van der Waals surface area contributed by atoms with Gasteiger partial charge in [0.05, 0.1) is 0 Å². The van der Waals surface area contributed by atoms with Gasteiger partial charge in [0.1, 0.15) is 23.7 Å². The number of aromatic nitrogens is 4. The molecule has 0 saturated carbocycles. The van der Waals surface area contributed by atoms with Crippen molar-refractivity contribution >= 4 is 11.7 Å². The number of nitrogens with one attached hydrogen (secondary N) is 1. The summed E-state index contributed by atoms with van der Waals surface area (Å²) in [7, 11) is 0. The summed E-state index contributed by atoms with van der Waals surface area (Å²) in [6, 6.07) is 10.0. The molecule has 4 aromatic rings. The van der Waals surface area contributed by atoms with Crippen LogP contribution in [0.3, 0.4) is 0 Å². The molecule has 1 amide bonds. The molecule has 0 atom stereocenters. The Balaban J connectivity index is 1.47. The van der Waals surface area contributed by atoms with E-state index in [-0.39, 0.29) is 29.9 Å². The van der Waals surface area contributed by atoms with Crippen LogP contribution >= 0.6 is 0 Å². The van der Waals surface area contributed by atoms with Crippen molar-refractivity contribution in [3.8, 4) is 28.7 Å². The Morgan fingerprint density at radius 1 is 1.16 bits per heavy atom. The lowest BCUT2D eigenvalue weighted by Crippen LogP contribution is -2.19. The number of nitrogens with zero attached hydrogens (tertiary/aromatic N) is 4. The second-order valence-electron chi connectivity index (χ2n) is 6.39. The van der Waals surface area contributed by atoms with Gasteiger partial charge < -0.3 is 23.7 Å². The second-order valence-corrected chi connectivity index (χ2v) is 6.39. The standard InChI is InChI=1S/C19H14F3N5O4/c1-11-9-15(25-30-11)23-16(28)10-27-8-2-3-14(27)18-24-17(26-31-18)12-4-6-13(7-5-12)29-19(20,21)22/h2-9H,10H2,1H3,(H,23,25,28). The fraction of sp³-hybridized carbons (Fsp3) is 0.158. The summed E-state index contributed by atoms with van der Waals surface area (Å²) < 4.78 is 52.4. The van der Waals surface area contributed by atoms with Crippen molar-refractivity contribution in [1.29, 1.82) is 0 Å². The molecule has 3 heterocycles. The first kappa shape index (κ1) is 20.2. The van der Waals surface area contributed by atoms with E-state index in [1.54, 1.807) is 35.9 Å². The van der Waals surface area contributed by atoms with Crippen LogP contribution in [0.4, 0.5) is 19.0 Å². The molecule has 12 heteroatoms. The summed E-state index contributed by atoms with van der Waals surface area (Å²) in [6.07, 6.45) is -3.11. The van der Waals surface area contributed by atoms with E-state index in [1.165, 1.54) is 12.1 Å². The third-order valence-corrected chi connectivity index (χ3v) is 4.03. The molecule has 0 bridgehead atoms. The number of alkyl halides is 3. The van der Waals surface area contributed by atoms with Crippen molar-refractivity contribution in [2.45, 2.75) is 19.8 Å². The average molecular weight is 433 g/mol. The highest BCUT2D eigenvalue weighted by atomic mass is 19.4. The zero-order valence-corrected chi connectivity index (χ0v) is 15.9. The average Bonchev–Trinajstić information content (AvgIpc) is 3.42. The van der Waals surface area contributed by atoms with E-state index in [9.17, 15) is 18.0 Å². The minimum atomic E-state index is -4.77. The van der Waals surface area contributed by atoms with E-state index in [0.29, 0.717) is 22.8 Å². The number of anilines is 1. The number of benzene rings is 1. The first-order valence-corrected chi connectivity index (χ1v) is 8.85. The van der Waals surface area contributed by atoms with Crippen LogP contribution in [0.15, 0.2) is 57.7 Å². The monoisotopic (exact) mass is 433 g/mol. The Bertz CT molecular complexity index is 1190. The van der Waals surface area contributed by atoms with Crippen LogP contribution < -0.4 is 10.1 Å². The van der Waals surface area contributed by atoms with Crippen LogP contribution in [0.2, 0.25) is 0 Å². The van der Waals surface area contributed by atoms with Crippen LogP contribution in [-0.2, 0) is 11.3 Å². The largest absolute Gasteiger partial charge is 0.573 e. The minimum absolute atomic E-state index is 0.0462. The van der Waals surface area contributed by atoms with Crippen molar-refractivity contribution in [1.82, 2.24) is 19.9 Å². The zero-order chi connectivity index (χ0) is 22.0. The number of hydrogen-bond donors (Lipinski definition) is 1. The van der Waals surface area contributed by atoms with Gasteiger partial charge in [-0.15, -0.1) is 13.2 Å². The lowest BCUT2D eigenvalue weighted by Gasteiger charge is -2.08. The summed E-state index contributed by atoms with van der Waals surface area (Å²) in [5.41, 5.74) is 0.920. The Kier molecular flexibility index (Phi) is 5.19. The number of hydrogen-bond acceptors (Lipinski definition) is 7. The van der Waals surface area contributed by atoms with Crippen LogP contribution in [0.1, 0.15) is 5.76 Å². The molecular weight excluding hydrogens is 419 g/mol. The number of carbonyl (C=O) groups is 1. The fourth-order valence-electron chi connectivity index (χ4n) is 2.76. The number of rotatable bonds is 6. The maximum Gasteiger partial charge on any atom is 0.573 e. The molecule has 3 aromatic heterocycles. The van der Waals surface area contributed by atoms with Crippen LogP contribution in [0.25, 0.3) is 23.0 Å². The van der Waals surface area contributed by atoms with Crippen molar-refractivity contribution < 1.29 is 31.7 Å². The van der Waals surface area contributed by atoms with Crippen LogP contribution in [0, 0.1) is 6.92 Å². The van der Waals surface area contributed by atoms with E-state index < -0.39 is 6.36 Å². The lowest BCUT2D eigenvalue weighted by atomic mass is 10.2. The third-order valence-electron chi connectivity index (χ3n) is 4.03. The maximum atomic E-state index is 12.3. The summed E-state index contributed by atoms with van der Waals surface area (Å²) in [5.74, 6) is 0.472. The first-order valence-electron chi connectivity index (χ1n) is 8.85. The van der Waals surface area contributed by atoms with Gasteiger partial charge in [0.2, 0.25) is 11.7 Å². The van der Waals surface area contributed by atoms with Crippen molar-refractivity contribution in [3.05, 3.63) is 54.4 Å². The predicted molar refractivity (Wildman–Crippen MR) is 99.7 cm³/mol. The highest BCUT2D eigenvalue weighted by Gasteiger charge is 2.31. The molecular formula is C19H14F3N5O4. The number of ether oxygens (including phenoxy) is 1. The van der Waals surface area contributed by atoms with E-state index in [4.69, 9.17) is 9.05 Å². The zero-order valence-electron chi connectivity index (χ0n) is 15.9. The molecule has 0 aliphatic heterocycles. The molecule has 9 nitrogen and oxygen atoms in total. The van der Waals surface area contributed by atoms with Crippen LogP contribution in [-0.4, -0.2) is 32.1 Å². The van der Waals surface area contributed by atoms with Crippen molar-refractivity contribution in [2.75, 3.05) is 5.32 Å². The van der Waals surface area contributed by atoms with Gasteiger partial charge >= 0.3 is 6.36 Å². The van der Waals surface area contributed by atoms with Gasteiger partial charge in [-0.25, -0.2) is 0 Å². The van der Waals surface area contributed by atoms with E-state index in [1.807, 2.05) is 0 Å². The summed E-state index contributed by atoms with van der Waals surface area (Å²) in [4.78, 5) is 16.5. The SMILES string of the molecule is Cc1cc(NC(=O)Cn2cccc2-c2nc(-c3ccc(OC(F)(F)F)cc3)no2)no1. The molecule has 160 valence electrons. The number of halogens is 3. The molecule has 0 aliphatic rings. The molecule has 0 unspecified atom stereocenters. The molecule has 0 saturated heterocycles. The van der Waals surface area contributed by atoms with E-state index in [0.717, 1.165) is 12.1 Å². The molecule has 31 heavy (non-hydrogen) atoms. The highest BCUT2D eigenvalue weighted by molar-refractivity contribution is 5.89. The van der Waals surface area contributed by atoms with Gasteiger partial charge in [0, 0.05) is 17.8 Å². The Labute approximate surface area is 172 Å². The number of amides is 1. The molecule has 1 aromatic carbocycles. The summed E-state index contributed by atoms with van der Waals surface area (Å²) in [6.45, 7) is 1.66. The predicted octanol–water partition coefficient (Wildman–Crippen LogP) is 4.04. The van der Waals surface area contributed by atoms with Gasteiger partial charge in [0.15, 0.2) is 5.82 Å². The Hall–Kier alpha value is -4.09. The summed E-state index contributed by atoms with van der Waals surface area (Å²) in [5, 5.41) is 10.2. The number of carbonyl (C=O) groups excluding carboxylic acids is 1. The normalized spacial score (nSPS) is 11.5. The lowest BCUT2D eigenvalue weighted by molar-refractivity contribution is -0.274. The van der Waals surface area contributed by atoms with Crippen LogP contribution in [0.5, 0.6) is 5.75 Å². The Morgan fingerprint density at radius 2 is 1.94 bits per heavy atom. The second kappa shape index (κ2) is 7.97. The van der Waals surface area contributed by atoms with Crippen molar-refractivity contribution in [3.63, 3.8) is 0 Å². The molecule has 1 N–H and O–H groups in total.